The SMILES string of the molecule is O=C(O)CCC(=O)NC(=O)N1CCCCc2ccccc21. The number of carbonyl (C=O) groups excluding carboxylic acids is 2. The molecule has 21 heavy (non-hydrogen) atoms. The zero-order valence-corrected chi connectivity index (χ0v) is 11.7. The lowest BCUT2D eigenvalue weighted by molar-refractivity contribution is -0.138. The second kappa shape index (κ2) is 6.88. The summed E-state index contributed by atoms with van der Waals surface area (Å²) >= 11 is 0. The summed E-state index contributed by atoms with van der Waals surface area (Å²) in [5.74, 6) is -1.62. The number of hydrogen-bond donors (Lipinski definition) is 2. The number of carbonyl (C=O) groups is 3. The van der Waals surface area contributed by atoms with E-state index >= 15 is 0 Å². The fourth-order valence-corrected chi connectivity index (χ4v) is 2.37. The number of benzene rings is 1. The van der Waals surface area contributed by atoms with Gasteiger partial charge in [0.2, 0.25) is 5.91 Å². The number of rotatable bonds is 3. The Labute approximate surface area is 122 Å². The summed E-state index contributed by atoms with van der Waals surface area (Å²) in [6, 6.07) is 7.14. The number of anilines is 1. The zero-order valence-electron chi connectivity index (χ0n) is 11.7. The van der Waals surface area contributed by atoms with Crippen molar-refractivity contribution in [2.45, 2.75) is 32.1 Å². The van der Waals surface area contributed by atoms with Crippen LogP contribution in [0.3, 0.4) is 0 Å². The number of urea groups is 1. The topological polar surface area (TPSA) is 86.7 Å². The van der Waals surface area contributed by atoms with Crippen LogP contribution in [0, 0.1) is 0 Å². The molecule has 0 saturated heterocycles. The third kappa shape index (κ3) is 4.05. The van der Waals surface area contributed by atoms with E-state index in [2.05, 4.69) is 5.32 Å². The fraction of sp³-hybridized carbons (Fsp3) is 0.400. The van der Waals surface area contributed by atoms with Crippen molar-refractivity contribution in [3.05, 3.63) is 29.8 Å². The Morgan fingerprint density at radius 3 is 2.67 bits per heavy atom. The molecule has 0 atom stereocenters. The molecule has 3 amide bonds. The van der Waals surface area contributed by atoms with E-state index in [0.29, 0.717) is 6.54 Å². The standard InChI is InChI=1S/C15H18N2O4/c18-13(8-9-14(19)20)16-15(21)17-10-4-3-6-11-5-1-2-7-12(11)17/h1-2,5,7H,3-4,6,8-10H2,(H,19,20)(H,16,18,21). The third-order valence-corrected chi connectivity index (χ3v) is 3.42. The van der Waals surface area contributed by atoms with E-state index in [-0.39, 0.29) is 12.8 Å². The van der Waals surface area contributed by atoms with Gasteiger partial charge < -0.3 is 5.11 Å². The molecular formula is C15H18N2O4. The molecule has 1 aliphatic heterocycles. The molecule has 1 heterocycles. The van der Waals surface area contributed by atoms with E-state index in [1.54, 1.807) is 4.90 Å². The number of nitrogens with one attached hydrogen (secondary N) is 1. The van der Waals surface area contributed by atoms with Gasteiger partial charge in [0.25, 0.3) is 0 Å². The molecule has 1 aliphatic rings. The fourth-order valence-electron chi connectivity index (χ4n) is 2.37. The van der Waals surface area contributed by atoms with Crippen LogP contribution in [0.15, 0.2) is 24.3 Å². The molecule has 2 N–H and O–H groups in total. The number of aryl methyl sites for hydroxylation is 1. The minimum atomic E-state index is -1.06. The number of aliphatic carboxylic acids is 1. The van der Waals surface area contributed by atoms with Crippen LogP contribution in [0.2, 0.25) is 0 Å². The molecule has 0 spiro atoms. The van der Waals surface area contributed by atoms with Gasteiger partial charge in [0, 0.05) is 18.7 Å². The molecule has 0 fully saturated rings. The first-order valence-corrected chi connectivity index (χ1v) is 6.99. The van der Waals surface area contributed by atoms with Gasteiger partial charge in [-0.25, -0.2) is 4.79 Å². The van der Waals surface area contributed by atoms with E-state index in [0.717, 1.165) is 30.5 Å². The van der Waals surface area contributed by atoms with Crippen molar-refractivity contribution in [2.24, 2.45) is 0 Å². The summed E-state index contributed by atoms with van der Waals surface area (Å²) in [7, 11) is 0. The second-order valence-electron chi connectivity index (χ2n) is 4.98. The molecule has 0 bridgehead atoms. The first-order chi connectivity index (χ1) is 10.1. The van der Waals surface area contributed by atoms with Crippen LogP contribution in [0.25, 0.3) is 0 Å². The highest BCUT2D eigenvalue weighted by Gasteiger charge is 2.22. The molecular weight excluding hydrogens is 272 g/mol. The van der Waals surface area contributed by atoms with E-state index in [1.165, 1.54) is 0 Å². The number of nitrogens with zero attached hydrogens (tertiary/aromatic N) is 1. The molecule has 6 heteroatoms. The van der Waals surface area contributed by atoms with E-state index < -0.39 is 17.9 Å². The Kier molecular flexibility index (Phi) is 4.92. The molecule has 2 rings (SSSR count). The van der Waals surface area contributed by atoms with Crippen LogP contribution in [0.1, 0.15) is 31.2 Å². The Morgan fingerprint density at radius 2 is 1.90 bits per heavy atom. The molecule has 6 nitrogen and oxygen atoms in total. The van der Waals surface area contributed by atoms with Crippen LogP contribution >= 0.6 is 0 Å². The highest BCUT2D eigenvalue weighted by atomic mass is 16.4. The van der Waals surface area contributed by atoms with Crippen LogP contribution in [-0.2, 0) is 16.0 Å². The molecule has 112 valence electrons. The summed E-state index contributed by atoms with van der Waals surface area (Å²) in [6.07, 6.45) is 2.29. The maximum Gasteiger partial charge on any atom is 0.328 e. The second-order valence-corrected chi connectivity index (χ2v) is 4.98. The van der Waals surface area contributed by atoms with Gasteiger partial charge >= 0.3 is 12.0 Å². The Balaban J connectivity index is 2.05. The monoisotopic (exact) mass is 290 g/mol. The van der Waals surface area contributed by atoms with Crippen molar-refractivity contribution in [3.8, 4) is 0 Å². The Bertz CT molecular complexity index is 556. The van der Waals surface area contributed by atoms with Gasteiger partial charge in [0.05, 0.1) is 6.42 Å². The summed E-state index contributed by atoms with van der Waals surface area (Å²) in [5.41, 5.74) is 1.90. The number of para-hydroxylation sites is 1. The first-order valence-electron chi connectivity index (χ1n) is 6.99. The molecule has 0 aromatic heterocycles. The minimum Gasteiger partial charge on any atom is -0.481 e. The smallest absolute Gasteiger partial charge is 0.328 e. The summed E-state index contributed by atoms with van der Waals surface area (Å²) in [5, 5.41) is 10.8. The molecule has 1 aromatic carbocycles. The predicted molar refractivity (Wildman–Crippen MR) is 77.1 cm³/mol. The maximum absolute atomic E-state index is 12.2. The van der Waals surface area contributed by atoms with Gasteiger partial charge in [-0.1, -0.05) is 18.2 Å². The van der Waals surface area contributed by atoms with Crippen molar-refractivity contribution >= 4 is 23.6 Å². The van der Waals surface area contributed by atoms with Crippen molar-refractivity contribution in [3.63, 3.8) is 0 Å². The normalized spacial score (nSPS) is 14.0. The van der Waals surface area contributed by atoms with Crippen molar-refractivity contribution in [1.29, 1.82) is 0 Å². The largest absolute Gasteiger partial charge is 0.481 e. The lowest BCUT2D eigenvalue weighted by atomic mass is 10.1. The van der Waals surface area contributed by atoms with Gasteiger partial charge in [-0.15, -0.1) is 0 Å². The summed E-state index contributed by atoms with van der Waals surface area (Å²) < 4.78 is 0. The van der Waals surface area contributed by atoms with Crippen LogP contribution in [-0.4, -0.2) is 29.6 Å². The zero-order chi connectivity index (χ0) is 15.2. The quantitative estimate of drug-likeness (QED) is 0.890. The van der Waals surface area contributed by atoms with Crippen LogP contribution in [0.5, 0.6) is 0 Å². The lowest BCUT2D eigenvalue weighted by Crippen LogP contribution is -2.43. The van der Waals surface area contributed by atoms with Crippen molar-refractivity contribution in [2.75, 3.05) is 11.4 Å². The van der Waals surface area contributed by atoms with Gasteiger partial charge in [0.15, 0.2) is 0 Å². The molecule has 0 aliphatic carbocycles. The van der Waals surface area contributed by atoms with Gasteiger partial charge in [-0.2, -0.15) is 0 Å². The lowest BCUT2D eigenvalue weighted by Gasteiger charge is -2.22. The Hall–Kier alpha value is -2.37. The molecule has 0 unspecified atom stereocenters. The van der Waals surface area contributed by atoms with Crippen molar-refractivity contribution in [1.82, 2.24) is 5.32 Å². The number of carboxylic acid groups (broad SMARTS) is 1. The summed E-state index contributed by atoms with van der Waals surface area (Å²) in [4.78, 5) is 35.8. The van der Waals surface area contributed by atoms with Gasteiger partial charge in [-0.05, 0) is 30.9 Å². The minimum absolute atomic E-state index is 0.198. The van der Waals surface area contributed by atoms with Gasteiger partial charge in [0.1, 0.15) is 0 Å². The number of carboxylic acids is 1. The first kappa shape index (κ1) is 15.0. The van der Waals surface area contributed by atoms with Crippen LogP contribution in [0.4, 0.5) is 10.5 Å². The summed E-state index contributed by atoms with van der Waals surface area (Å²) in [6.45, 7) is 0.551. The number of imide groups is 1. The van der Waals surface area contributed by atoms with Gasteiger partial charge in [-0.3, -0.25) is 19.8 Å². The number of amides is 3. The average molecular weight is 290 g/mol. The molecule has 0 radical (unpaired) electrons. The number of fused-ring (bicyclic) bond motifs is 1. The predicted octanol–water partition coefficient (Wildman–Crippen LogP) is 1.93. The van der Waals surface area contributed by atoms with Crippen molar-refractivity contribution < 1.29 is 19.5 Å². The van der Waals surface area contributed by atoms with Crippen LogP contribution < -0.4 is 10.2 Å². The van der Waals surface area contributed by atoms with E-state index in [9.17, 15) is 14.4 Å². The highest BCUT2D eigenvalue weighted by Crippen LogP contribution is 2.25. The van der Waals surface area contributed by atoms with E-state index in [1.807, 2.05) is 24.3 Å². The maximum atomic E-state index is 12.2. The Morgan fingerprint density at radius 1 is 1.14 bits per heavy atom. The molecule has 1 aromatic rings. The third-order valence-electron chi connectivity index (χ3n) is 3.42. The highest BCUT2D eigenvalue weighted by molar-refractivity contribution is 6.03. The average Bonchev–Trinajstić information content (AvgIpc) is 2.67. The molecule has 0 saturated carbocycles. The number of hydrogen-bond acceptors (Lipinski definition) is 3. The van der Waals surface area contributed by atoms with E-state index in [4.69, 9.17) is 5.11 Å².